The number of amides is 1. The van der Waals surface area contributed by atoms with Crippen LogP contribution in [-0.4, -0.2) is 45.3 Å². The lowest BCUT2D eigenvalue weighted by atomic mass is 9.85. The highest BCUT2D eigenvalue weighted by Crippen LogP contribution is 2.33. The maximum Gasteiger partial charge on any atom is 0.308 e. The highest BCUT2D eigenvalue weighted by Gasteiger charge is 2.27. The molecular weight excluding hydrogens is 282 g/mol. The van der Waals surface area contributed by atoms with Crippen LogP contribution in [0.2, 0.25) is 0 Å². The topological polar surface area (TPSA) is 75.4 Å². The van der Waals surface area contributed by atoms with Crippen molar-refractivity contribution in [3.63, 3.8) is 0 Å². The number of aliphatic carboxylic acids is 1. The van der Waals surface area contributed by atoms with Gasteiger partial charge in [0.2, 0.25) is 0 Å². The van der Waals surface area contributed by atoms with E-state index in [0.29, 0.717) is 11.5 Å². The summed E-state index contributed by atoms with van der Waals surface area (Å²) in [5.74, 6) is -1.26. The molecule has 1 atom stereocenters. The van der Waals surface area contributed by atoms with Gasteiger partial charge in [0, 0.05) is 32.8 Å². The summed E-state index contributed by atoms with van der Waals surface area (Å²) >= 11 is 0. The maximum atomic E-state index is 12.7. The van der Waals surface area contributed by atoms with E-state index < -0.39 is 11.9 Å². The van der Waals surface area contributed by atoms with Crippen LogP contribution < -0.4 is 0 Å². The lowest BCUT2D eigenvalue weighted by Crippen LogP contribution is -2.34. The van der Waals surface area contributed by atoms with Crippen LogP contribution >= 0.6 is 0 Å². The Morgan fingerprint density at radius 3 is 2.64 bits per heavy atom. The third-order valence-electron chi connectivity index (χ3n) is 4.40. The summed E-state index contributed by atoms with van der Waals surface area (Å²) < 4.78 is 1.69. The van der Waals surface area contributed by atoms with Crippen molar-refractivity contribution in [1.29, 1.82) is 0 Å². The van der Waals surface area contributed by atoms with Crippen molar-refractivity contribution in [2.75, 3.05) is 13.6 Å². The van der Waals surface area contributed by atoms with Crippen molar-refractivity contribution >= 4 is 11.9 Å². The van der Waals surface area contributed by atoms with Crippen molar-refractivity contribution in [3.8, 4) is 0 Å². The maximum absolute atomic E-state index is 12.7. The number of carbonyl (C=O) groups excluding carboxylic acids is 1. The molecule has 6 heteroatoms. The standard InChI is InChI=1S/C16H25N3O3/c1-11(16(21)22)9-18(2)15(20)13-10-19(3)17-14(13)12-7-5-4-6-8-12/h10-12H,4-9H2,1-3H3,(H,21,22). The van der Waals surface area contributed by atoms with Gasteiger partial charge in [-0.2, -0.15) is 5.10 Å². The van der Waals surface area contributed by atoms with Gasteiger partial charge in [-0.25, -0.2) is 0 Å². The zero-order valence-corrected chi connectivity index (χ0v) is 13.6. The molecule has 0 saturated heterocycles. The van der Waals surface area contributed by atoms with E-state index in [9.17, 15) is 9.59 Å². The predicted octanol–water partition coefficient (Wildman–Crippen LogP) is 2.26. The third kappa shape index (κ3) is 3.67. The van der Waals surface area contributed by atoms with Crippen LogP contribution in [0, 0.1) is 5.92 Å². The minimum absolute atomic E-state index is 0.137. The third-order valence-corrected chi connectivity index (χ3v) is 4.40. The molecule has 1 aromatic rings. The molecule has 1 aliphatic carbocycles. The van der Waals surface area contributed by atoms with Crippen LogP contribution in [0.15, 0.2) is 6.20 Å². The van der Waals surface area contributed by atoms with Gasteiger partial charge in [0.05, 0.1) is 17.2 Å². The highest BCUT2D eigenvalue weighted by molar-refractivity contribution is 5.95. The Bertz CT molecular complexity index is 547. The lowest BCUT2D eigenvalue weighted by molar-refractivity contribution is -0.141. The van der Waals surface area contributed by atoms with Gasteiger partial charge in [-0.15, -0.1) is 0 Å². The fourth-order valence-electron chi connectivity index (χ4n) is 3.13. The Labute approximate surface area is 131 Å². The smallest absolute Gasteiger partial charge is 0.308 e. The first kappa shape index (κ1) is 16.5. The lowest BCUT2D eigenvalue weighted by Gasteiger charge is -2.23. The van der Waals surface area contributed by atoms with Crippen LogP contribution in [0.3, 0.4) is 0 Å². The zero-order valence-electron chi connectivity index (χ0n) is 13.6. The summed E-state index contributed by atoms with van der Waals surface area (Å²) in [6.45, 7) is 1.81. The Balaban J connectivity index is 2.16. The minimum Gasteiger partial charge on any atom is -0.481 e. The number of rotatable bonds is 5. The van der Waals surface area contributed by atoms with Gasteiger partial charge in [0.1, 0.15) is 0 Å². The van der Waals surface area contributed by atoms with Gasteiger partial charge in [0.25, 0.3) is 5.91 Å². The first-order chi connectivity index (χ1) is 10.4. The van der Waals surface area contributed by atoms with E-state index in [-0.39, 0.29) is 12.5 Å². The molecule has 1 aliphatic rings. The molecule has 0 radical (unpaired) electrons. The molecule has 0 spiro atoms. The van der Waals surface area contributed by atoms with Crippen molar-refractivity contribution in [1.82, 2.24) is 14.7 Å². The van der Waals surface area contributed by atoms with E-state index in [4.69, 9.17) is 5.11 Å². The van der Waals surface area contributed by atoms with E-state index >= 15 is 0 Å². The number of aromatic nitrogens is 2. The van der Waals surface area contributed by atoms with Crippen LogP contribution in [-0.2, 0) is 11.8 Å². The Morgan fingerprint density at radius 2 is 2.05 bits per heavy atom. The molecule has 2 rings (SSSR count). The van der Waals surface area contributed by atoms with Gasteiger partial charge in [-0.05, 0) is 12.8 Å². The summed E-state index contributed by atoms with van der Waals surface area (Å²) in [6, 6.07) is 0. The largest absolute Gasteiger partial charge is 0.481 e. The quantitative estimate of drug-likeness (QED) is 0.905. The molecule has 6 nitrogen and oxygen atoms in total. The molecule has 1 fully saturated rings. The van der Waals surface area contributed by atoms with E-state index in [2.05, 4.69) is 5.10 Å². The highest BCUT2D eigenvalue weighted by atomic mass is 16.4. The number of carboxylic acid groups (broad SMARTS) is 1. The van der Waals surface area contributed by atoms with Crippen LogP contribution in [0.5, 0.6) is 0 Å². The summed E-state index contributed by atoms with van der Waals surface area (Å²) in [5, 5.41) is 13.5. The molecule has 22 heavy (non-hydrogen) atoms. The normalized spacial score (nSPS) is 17.2. The molecule has 1 heterocycles. The van der Waals surface area contributed by atoms with Crippen LogP contribution in [0.25, 0.3) is 0 Å². The molecule has 1 unspecified atom stereocenters. The number of carboxylic acids is 1. The average molecular weight is 307 g/mol. The minimum atomic E-state index is -0.890. The van der Waals surface area contributed by atoms with E-state index in [0.717, 1.165) is 18.5 Å². The zero-order chi connectivity index (χ0) is 16.3. The fourth-order valence-corrected chi connectivity index (χ4v) is 3.13. The van der Waals surface area contributed by atoms with Gasteiger partial charge in [0.15, 0.2) is 0 Å². The number of hydrogen-bond acceptors (Lipinski definition) is 3. The van der Waals surface area contributed by atoms with Gasteiger partial charge in [-0.1, -0.05) is 26.2 Å². The van der Waals surface area contributed by atoms with E-state index in [1.807, 2.05) is 7.05 Å². The molecule has 1 aromatic heterocycles. The first-order valence-electron chi connectivity index (χ1n) is 7.92. The number of hydrogen-bond donors (Lipinski definition) is 1. The van der Waals surface area contributed by atoms with Gasteiger partial charge >= 0.3 is 5.97 Å². The van der Waals surface area contributed by atoms with E-state index in [1.165, 1.54) is 24.2 Å². The number of nitrogens with zero attached hydrogens (tertiary/aromatic N) is 3. The second kappa shape index (κ2) is 6.94. The number of aryl methyl sites for hydroxylation is 1. The molecule has 1 amide bonds. The van der Waals surface area contributed by atoms with Crippen molar-refractivity contribution < 1.29 is 14.7 Å². The Hall–Kier alpha value is -1.85. The van der Waals surface area contributed by atoms with Gasteiger partial charge < -0.3 is 10.0 Å². The van der Waals surface area contributed by atoms with Crippen molar-refractivity contribution in [2.45, 2.75) is 44.9 Å². The monoisotopic (exact) mass is 307 g/mol. The second-order valence-electron chi connectivity index (χ2n) is 6.36. The summed E-state index contributed by atoms with van der Waals surface area (Å²) in [4.78, 5) is 25.1. The molecule has 1 saturated carbocycles. The fraction of sp³-hybridized carbons (Fsp3) is 0.688. The van der Waals surface area contributed by atoms with Crippen molar-refractivity contribution in [3.05, 3.63) is 17.5 Å². The van der Waals surface area contributed by atoms with Crippen LogP contribution in [0.1, 0.15) is 61.0 Å². The van der Waals surface area contributed by atoms with E-state index in [1.54, 1.807) is 24.9 Å². The first-order valence-corrected chi connectivity index (χ1v) is 7.92. The molecule has 0 aliphatic heterocycles. The molecular formula is C16H25N3O3. The summed E-state index contributed by atoms with van der Waals surface area (Å²) in [5.41, 5.74) is 1.50. The predicted molar refractivity (Wildman–Crippen MR) is 82.8 cm³/mol. The molecule has 0 aromatic carbocycles. The summed E-state index contributed by atoms with van der Waals surface area (Å²) in [7, 11) is 3.47. The van der Waals surface area contributed by atoms with Gasteiger partial charge in [-0.3, -0.25) is 14.3 Å². The molecule has 1 N–H and O–H groups in total. The molecule has 122 valence electrons. The summed E-state index contributed by atoms with van der Waals surface area (Å²) in [6.07, 6.45) is 7.53. The molecule has 0 bridgehead atoms. The van der Waals surface area contributed by atoms with Crippen molar-refractivity contribution in [2.24, 2.45) is 13.0 Å². The Kier molecular flexibility index (Phi) is 5.21. The Morgan fingerprint density at radius 1 is 1.41 bits per heavy atom. The SMILES string of the molecule is CC(CN(C)C(=O)c1cn(C)nc1C1CCCCC1)C(=O)O. The number of carbonyl (C=O) groups is 2. The van der Waals surface area contributed by atoms with Crippen LogP contribution in [0.4, 0.5) is 0 Å². The second-order valence-corrected chi connectivity index (χ2v) is 6.36. The average Bonchev–Trinajstić information content (AvgIpc) is 2.89.